The maximum absolute atomic E-state index is 12.9. The molecule has 3 aromatic rings. The Balaban J connectivity index is 1.64. The van der Waals surface area contributed by atoms with Gasteiger partial charge in [0.1, 0.15) is 5.69 Å². The van der Waals surface area contributed by atoms with Crippen LogP contribution in [-0.2, 0) is 6.54 Å². The number of halogens is 2. The number of hydrogen-bond acceptors (Lipinski definition) is 3. The number of carbonyl (C=O) groups excluding carboxylic acids is 1. The average molecular weight is 414 g/mol. The van der Waals surface area contributed by atoms with Gasteiger partial charge < -0.3 is 9.88 Å². The van der Waals surface area contributed by atoms with Crippen molar-refractivity contribution in [3.05, 3.63) is 61.9 Å². The van der Waals surface area contributed by atoms with E-state index in [2.05, 4.69) is 9.97 Å². The summed E-state index contributed by atoms with van der Waals surface area (Å²) in [5, 5.41) is 0.735. The van der Waals surface area contributed by atoms with Crippen molar-refractivity contribution in [1.29, 1.82) is 0 Å². The summed E-state index contributed by atoms with van der Waals surface area (Å²) in [4.78, 5) is 35.0. The van der Waals surface area contributed by atoms with E-state index in [0.29, 0.717) is 44.4 Å². The number of nitrogens with zero attached hydrogens (tertiary/aromatic N) is 2. The van der Waals surface area contributed by atoms with E-state index in [9.17, 15) is 9.59 Å². The number of amides is 1. The minimum Gasteiger partial charge on any atom is -0.331 e. The summed E-state index contributed by atoms with van der Waals surface area (Å²) in [7, 11) is 0. The number of aromatic nitrogens is 2. The van der Waals surface area contributed by atoms with Crippen molar-refractivity contribution >= 4 is 40.1 Å². The van der Waals surface area contributed by atoms with Gasteiger partial charge in [-0.05, 0) is 36.6 Å². The highest BCUT2D eigenvalue weighted by Crippen LogP contribution is 2.36. The Morgan fingerprint density at radius 3 is 2.54 bits per heavy atom. The van der Waals surface area contributed by atoms with E-state index in [0.717, 1.165) is 31.2 Å². The van der Waals surface area contributed by atoms with Crippen LogP contribution < -0.4 is 5.56 Å². The smallest absolute Gasteiger partial charge is 0.274 e. The maximum Gasteiger partial charge on any atom is 0.274 e. The van der Waals surface area contributed by atoms with Crippen LogP contribution in [0, 0.1) is 0 Å². The van der Waals surface area contributed by atoms with Crippen LogP contribution in [-0.4, -0.2) is 26.8 Å². The minimum atomic E-state index is -0.314. The minimum absolute atomic E-state index is 0.0517. The molecule has 2 heterocycles. The number of aromatic amines is 1. The van der Waals surface area contributed by atoms with Crippen molar-refractivity contribution in [1.82, 2.24) is 14.9 Å². The second kappa shape index (κ2) is 6.61. The predicted octanol–water partition coefficient (Wildman–Crippen LogP) is 4.80. The van der Waals surface area contributed by atoms with E-state index in [4.69, 9.17) is 23.2 Å². The highest BCUT2D eigenvalue weighted by Gasteiger charge is 2.35. The molecule has 1 aliphatic carbocycles. The molecule has 28 heavy (non-hydrogen) atoms. The molecule has 1 saturated carbocycles. The second-order valence-electron chi connectivity index (χ2n) is 7.40. The zero-order valence-electron chi connectivity index (χ0n) is 15.0. The standard InChI is InChI=1S/C21H17Cl2N3O2/c22-15-8-17-18(9-16(15)23)25-20(27)19(24-17)12-6-3-7-13-14(12)10-26(21(13)28)11-4-1-2-5-11/h3,6-9,11H,1-2,4-5,10H2,(H,25,27). The van der Waals surface area contributed by atoms with Gasteiger partial charge in [-0.2, -0.15) is 0 Å². The van der Waals surface area contributed by atoms with E-state index >= 15 is 0 Å². The molecular weight excluding hydrogens is 397 g/mol. The van der Waals surface area contributed by atoms with Crippen LogP contribution in [0.2, 0.25) is 10.0 Å². The highest BCUT2D eigenvalue weighted by molar-refractivity contribution is 6.42. The van der Waals surface area contributed by atoms with Crippen LogP contribution in [0.25, 0.3) is 22.3 Å². The molecule has 1 N–H and O–H groups in total. The Bertz CT molecular complexity index is 1180. The third-order valence-corrected chi connectivity index (χ3v) is 6.47. The first-order chi connectivity index (χ1) is 13.5. The maximum atomic E-state index is 12.9. The second-order valence-corrected chi connectivity index (χ2v) is 8.22. The van der Waals surface area contributed by atoms with Gasteiger partial charge in [-0.3, -0.25) is 9.59 Å². The fourth-order valence-electron chi connectivity index (χ4n) is 4.35. The largest absolute Gasteiger partial charge is 0.331 e. The van der Waals surface area contributed by atoms with E-state index < -0.39 is 0 Å². The first kappa shape index (κ1) is 17.7. The van der Waals surface area contributed by atoms with Gasteiger partial charge in [-0.15, -0.1) is 0 Å². The van der Waals surface area contributed by atoms with Gasteiger partial charge in [0.25, 0.3) is 11.5 Å². The van der Waals surface area contributed by atoms with E-state index in [1.165, 1.54) is 0 Å². The lowest BCUT2D eigenvalue weighted by Crippen LogP contribution is -2.33. The third-order valence-electron chi connectivity index (χ3n) is 5.75. The fraction of sp³-hybridized carbons (Fsp3) is 0.286. The van der Waals surface area contributed by atoms with Crippen LogP contribution in [0.4, 0.5) is 0 Å². The Morgan fingerprint density at radius 2 is 1.75 bits per heavy atom. The summed E-state index contributed by atoms with van der Waals surface area (Å²) in [6.45, 7) is 0.523. The molecule has 0 spiro atoms. The Kier molecular flexibility index (Phi) is 4.18. The molecule has 2 aromatic carbocycles. The number of rotatable bonds is 2. The molecule has 1 amide bonds. The van der Waals surface area contributed by atoms with Gasteiger partial charge in [0.15, 0.2) is 0 Å². The molecular formula is C21H17Cl2N3O2. The van der Waals surface area contributed by atoms with Crippen molar-refractivity contribution in [2.45, 2.75) is 38.3 Å². The molecule has 0 radical (unpaired) electrons. The zero-order chi connectivity index (χ0) is 19.4. The molecule has 1 aromatic heterocycles. The van der Waals surface area contributed by atoms with Gasteiger partial charge in [-0.1, -0.05) is 48.2 Å². The topological polar surface area (TPSA) is 66.1 Å². The Hall–Kier alpha value is -2.37. The summed E-state index contributed by atoms with van der Waals surface area (Å²) in [5.41, 5.74) is 3.30. The molecule has 1 aliphatic heterocycles. The molecule has 5 nitrogen and oxygen atoms in total. The SMILES string of the molecule is O=C1c2cccc(-c3nc4cc(Cl)c(Cl)cc4[nH]c3=O)c2CN1C1CCCC1. The molecule has 5 rings (SSSR count). The summed E-state index contributed by atoms with van der Waals surface area (Å²) < 4.78 is 0. The van der Waals surface area contributed by atoms with Crippen molar-refractivity contribution < 1.29 is 4.79 Å². The monoisotopic (exact) mass is 413 g/mol. The Labute approximate surface area is 171 Å². The van der Waals surface area contributed by atoms with Gasteiger partial charge in [0, 0.05) is 23.7 Å². The van der Waals surface area contributed by atoms with Crippen LogP contribution in [0.1, 0.15) is 41.6 Å². The van der Waals surface area contributed by atoms with Gasteiger partial charge in [0.05, 0.1) is 21.1 Å². The van der Waals surface area contributed by atoms with E-state index in [1.807, 2.05) is 23.1 Å². The van der Waals surface area contributed by atoms with Crippen molar-refractivity contribution in [2.24, 2.45) is 0 Å². The van der Waals surface area contributed by atoms with Gasteiger partial charge in [0.2, 0.25) is 0 Å². The van der Waals surface area contributed by atoms with Gasteiger partial charge in [-0.25, -0.2) is 4.98 Å². The lowest BCUT2D eigenvalue weighted by atomic mass is 10.0. The number of fused-ring (bicyclic) bond motifs is 2. The average Bonchev–Trinajstić information content (AvgIpc) is 3.31. The summed E-state index contributed by atoms with van der Waals surface area (Å²) in [5.74, 6) is 0.0517. The first-order valence-corrected chi connectivity index (χ1v) is 10.1. The van der Waals surface area contributed by atoms with Crippen LogP contribution in [0.3, 0.4) is 0 Å². The van der Waals surface area contributed by atoms with Crippen LogP contribution >= 0.6 is 23.2 Å². The van der Waals surface area contributed by atoms with Crippen molar-refractivity contribution in [3.63, 3.8) is 0 Å². The summed E-state index contributed by atoms with van der Waals surface area (Å²) in [6.07, 6.45) is 4.41. The van der Waals surface area contributed by atoms with E-state index in [1.54, 1.807) is 12.1 Å². The quantitative estimate of drug-likeness (QED) is 0.656. The Morgan fingerprint density at radius 1 is 1.04 bits per heavy atom. The van der Waals surface area contributed by atoms with E-state index in [-0.39, 0.29) is 17.5 Å². The summed E-state index contributed by atoms with van der Waals surface area (Å²) in [6, 6.07) is 9.02. The number of carbonyl (C=O) groups is 1. The molecule has 142 valence electrons. The van der Waals surface area contributed by atoms with Crippen molar-refractivity contribution in [3.8, 4) is 11.3 Å². The first-order valence-electron chi connectivity index (χ1n) is 9.35. The molecule has 2 aliphatic rings. The van der Waals surface area contributed by atoms with Crippen molar-refractivity contribution in [2.75, 3.05) is 0 Å². The van der Waals surface area contributed by atoms with Gasteiger partial charge >= 0.3 is 0 Å². The highest BCUT2D eigenvalue weighted by atomic mass is 35.5. The lowest BCUT2D eigenvalue weighted by Gasteiger charge is -2.23. The number of hydrogen-bond donors (Lipinski definition) is 1. The number of nitrogens with one attached hydrogen (secondary N) is 1. The predicted molar refractivity (Wildman–Crippen MR) is 110 cm³/mol. The third kappa shape index (κ3) is 2.73. The van der Waals surface area contributed by atoms with Crippen LogP contribution in [0.15, 0.2) is 35.1 Å². The molecule has 7 heteroatoms. The fourth-order valence-corrected chi connectivity index (χ4v) is 4.67. The zero-order valence-corrected chi connectivity index (χ0v) is 16.5. The summed E-state index contributed by atoms with van der Waals surface area (Å²) >= 11 is 12.2. The number of benzene rings is 2. The lowest BCUT2D eigenvalue weighted by molar-refractivity contribution is 0.0707. The normalized spacial score (nSPS) is 16.9. The molecule has 1 fully saturated rings. The molecule has 0 saturated heterocycles. The number of H-pyrrole nitrogens is 1. The molecule has 0 atom stereocenters. The molecule has 0 unspecified atom stereocenters. The van der Waals surface area contributed by atoms with Crippen LogP contribution in [0.5, 0.6) is 0 Å². The molecule has 0 bridgehead atoms.